The number of hydrogen-bond donors (Lipinski definition) is 1. The number of hydrogen-bond acceptors (Lipinski definition) is 5. The van der Waals surface area contributed by atoms with Gasteiger partial charge in [-0.25, -0.2) is 14.6 Å². The van der Waals surface area contributed by atoms with Gasteiger partial charge in [0.2, 0.25) is 0 Å². The average Bonchev–Trinajstić information content (AvgIpc) is 2.62. The number of carbonyl (C=O) groups is 1. The second-order valence-electron chi connectivity index (χ2n) is 6.50. The Kier molecular flexibility index (Phi) is 7.77. The Bertz CT molecular complexity index is 584. The molecule has 136 valence electrons. The molecular weight excluding hydrogens is 320 g/mol. The van der Waals surface area contributed by atoms with Gasteiger partial charge >= 0.3 is 5.97 Å². The standard InChI is InChI=1S/C18H22O2.C2H4O3/c1-17(2,15-11-7-5-8-12-15)19-20-18(3,4)16-13-9-6-10-14-16;1-2(3)5-4/h5-14H,1-4H3;4H,1H3. The highest BCUT2D eigenvalue weighted by Crippen LogP contribution is 2.31. The van der Waals surface area contributed by atoms with Gasteiger partial charge in [0.1, 0.15) is 11.2 Å². The number of carbonyl (C=O) groups excluding carboxylic acids is 1. The lowest BCUT2D eigenvalue weighted by atomic mass is 9.98. The maximum atomic E-state index is 9.34. The Morgan fingerprint density at radius 3 is 1.28 bits per heavy atom. The molecule has 1 N–H and O–H groups in total. The van der Waals surface area contributed by atoms with Crippen molar-refractivity contribution < 1.29 is 24.7 Å². The fourth-order valence-electron chi connectivity index (χ4n) is 1.98. The van der Waals surface area contributed by atoms with Crippen LogP contribution in [0.3, 0.4) is 0 Å². The van der Waals surface area contributed by atoms with E-state index in [1.165, 1.54) is 0 Å². The number of rotatable bonds is 5. The first-order valence-corrected chi connectivity index (χ1v) is 7.99. The maximum Gasteiger partial charge on any atom is 0.339 e. The Morgan fingerprint density at radius 1 is 0.760 bits per heavy atom. The molecule has 0 radical (unpaired) electrons. The first kappa shape index (κ1) is 20.8. The monoisotopic (exact) mass is 346 g/mol. The fraction of sp³-hybridized carbons (Fsp3) is 0.350. The highest BCUT2D eigenvalue weighted by Gasteiger charge is 2.29. The van der Waals surface area contributed by atoms with E-state index in [0.29, 0.717) is 0 Å². The molecule has 0 bridgehead atoms. The molecule has 5 nitrogen and oxygen atoms in total. The molecule has 2 aromatic rings. The Hall–Kier alpha value is -2.21. The first-order chi connectivity index (χ1) is 11.7. The van der Waals surface area contributed by atoms with E-state index < -0.39 is 17.2 Å². The van der Waals surface area contributed by atoms with Crippen molar-refractivity contribution in [2.45, 2.75) is 45.8 Å². The van der Waals surface area contributed by atoms with Crippen LogP contribution in [-0.4, -0.2) is 11.2 Å². The van der Waals surface area contributed by atoms with Crippen LogP contribution in [0.2, 0.25) is 0 Å². The molecule has 25 heavy (non-hydrogen) atoms. The molecule has 2 rings (SSSR count). The Labute approximate surface area is 149 Å². The van der Waals surface area contributed by atoms with Crippen LogP contribution in [0.5, 0.6) is 0 Å². The quantitative estimate of drug-likeness (QED) is 0.620. The second-order valence-corrected chi connectivity index (χ2v) is 6.50. The third-order valence-corrected chi connectivity index (χ3v) is 3.52. The minimum absolute atomic E-state index is 0.493. The van der Waals surface area contributed by atoms with Gasteiger partial charge in [-0.15, -0.1) is 0 Å². The molecule has 0 aliphatic rings. The van der Waals surface area contributed by atoms with E-state index >= 15 is 0 Å². The third-order valence-electron chi connectivity index (χ3n) is 3.52. The zero-order valence-corrected chi connectivity index (χ0v) is 15.4. The predicted molar refractivity (Wildman–Crippen MR) is 95.5 cm³/mol. The summed E-state index contributed by atoms with van der Waals surface area (Å²) >= 11 is 0. The third kappa shape index (κ3) is 7.05. The lowest BCUT2D eigenvalue weighted by Crippen LogP contribution is -2.29. The summed E-state index contributed by atoms with van der Waals surface area (Å²) in [5.41, 5.74) is 1.19. The lowest BCUT2D eigenvalue weighted by Gasteiger charge is -2.31. The van der Waals surface area contributed by atoms with Crippen LogP contribution in [0.15, 0.2) is 60.7 Å². The van der Waals surface area contributed by atoms with Crippen molar-refractivity contribution in [3.05, 3.63) is 71.8 Å². The summed E-state index contributed by atoms with van der Waals surface area (Å²) in [5, 5.41) is 7.29. The van der Waals surface area contributed by atoms with Gasteiger partial charge in [-0.05, 0) is 38.8 Å². The zero-order chi connectivity index (χ0) is 18.9. The predicted octanol–water partition coefficient (Wildman–Crippen LogP) is 4.83. The van der Waals surface area contributed by atoms with Gasteiger partial charge in [0, 0.05) is 6.92 Å². The molecule has 0 unspecified atom stereocenters. The van der Waals surface area contributed by atoms with Crippen LogP contribution < -0.4 is 0 Å². The molecule has 0 saturated heterocycles. The van der Waals surface area contributed by atoms with Gasteiger partial charge in [-0.2, -0.15) is 5.26 Å². The van der Waals surface area contributed by atoms with Gasteiger partial charge in [0.15, 0.2) is 0 Å². The van der Waals surface area contributed by atoms with E-state index in [-0.39, 0.29) is 0 Å². The summed E-state index contributed by atoms with van der Waals surface area (Å²) in [7, 11) is 0. The molecule has 0 fully saturated rings. The normalized spacial score (nSPS) is 11.3. The Balaban J connectivity index is 0.000000550. The van der Waals surface area contributed by atoms with Gasteiger partial charge < -0.3 is 4.89 Å². The molecule has 0 atom stereocenters. The van der Waals surface area contributed by atoms with E-state index in [9.17, 15) is 4.79 Å². The summed E-state index contributed by atoms with van der Waals surface area (Å²) < 4.78 is 0. The summed E-state index contributed by atoms with van der Waals surface area (Å²) in [6.07, 6.45) is 0. The van der Waals surface area contributed by atoms with E-state index in [1.807, 2.05) is 88.4 Å². The molecule has 0 spiro atoms. The molecule has 0 saturated carbocycles. The van der Waals surface area contributed by atoms with E-state index in [1.54, 1.807) is 0 Å². The molecular formula is C20H26O5. The van der Waals surface area contributed by atoms with E-state index in [2.05, 4.69) is 4.89 Å². The van der Waals surface area contributed by atoms with Crippen molar-refractivity contribution in [3.8, 4) is 0 Å². The summed E-state index contributed by atoms with van der Waals surface area (Å²) in [6.45, 7) is 9.12. The van der Waals surface area contributed by atoms with E-state index in [4.69, 9.17) is 15.0 Å². The van der Waals surface area contributed by atoms with Crippen molar-refractivity contribution in [3.63, 3.8) is 0 Å². The van der Waals surface area contributed by atoms with Crippen molar-refractivity contribution in [1.29, 1.82) is 0 Å². The largest absolute Gasteiger partial charge is 0.339 e. The smallest absolute Gasteiger partial charge is 0.301 e. The highest BCUT2D eigenvalue weighted by atomic mass is 17.2. The lowest BCUT2D eigenvalue weighted by molar-refractivity contribution is -0.410. The van der Waals surface area contributed by atoms with Crippen LogP contribution in [-0.2, 0) is 30.7 Å². The molecule has 5 heteroatoms. The van der Waals surface area contributed by atoms with Gasteiger partial charge in [-0.1, -0.05) is 60.7 Å². The summed E-state index contributed by atoms with van der Waals surface area (Å²) in [6, 6.07) is 20.2. The van der Waals surface area contributed by atoms with Crippen LogP contribution >= 0.6 is 0 Å². The second kappa shape index (κ2) is 9.32. The van der Waals surface area contributed by atoms with Crippen molar-refractivity contribution in [2.75, 3.05) is 0 Å². The van der Waals surface area contributed by atoms with Crippen LogP contribution in [0.1, 0.15) is 45.7 Å². The summed E-state index contributed by atoms with van der Waals surface area (Å²) in [4.78, 5) is 23.9. The fourth-order valence-corrected chi connectivity index (χ4v) is 1.98. The Morgan fingerprint density at radius 2 is 1.04 bits per heavy atom. The van der Waals surface area contributed by atoms with Crippen molar-refractivity contribution >= 4 is 5.97 Å². The van der Waals surface area contributed by atoms with Crippen LogP contribution in [0.4, 0.5) is 0 Å². The average molecular weight is 346 g/mol. The molecule has 2 aromatic carbocycles. The van der Waals surface area contributed by atoms with Crippen molar-refractivity contribution in [1.82, 2.24) is 0 Å². The first-order valence-electron chi connectivity index (χ1n) is 7.99. The van der Waals surface area contributed by atoms with Gasteiger partial charge in [-0.3, -0.25) is 0 Å². The number of benzene rings is 2. The van der Waals surface area contributed by atoms with Crippen molar-refractivity contribution in [2.24, 2.45) is 0 Å². The van der Waals surface area contributed by atoms with Crippen LogP contribution in [0, 0.1) is 0 Å². The van der Waals surface area contributed by atoms with Gasteiger partial charge in [0.25, 0.3) is 0 Å². The van der Waals surface area contributed by atoms with Gasteiger partial charge in [0.05, 0.1) is 0 Å². The summed E-state index contributed by atoms with van der Waals surface area (Å²) in [5.74, 6) is -0.690. The maximum absolute atomic E-state index is 9.34. The molecule has 0 aromatic heterocycles. The SMILES string of the molecule is CC(=O)OO.CC(C)(OOC(C)(C)c1ccccc1)c1ccccc1. The van der Waals surface area contributed by atoms with Crippen LogP contribution in [0.25, 0.3) is 0 Å². The zero-order valence-electron chi connectivity index (χ0n) is 15.4. The molecule has 0 aliphatic heterocycles. The molecule has 0 heterocycles. The molecule has 0 amide bonds. The molecule has 0 aliphatic carbocycles. The van der Waals surface area contributed by atoms with E-state index in [0.717, 1.165) is 18.1 Å². The minimum atomic E-state index is -0.690. The minimum Gasteiger partial charge on any atom is -0.301 e. The topological polar surface area (TPSA) is 65.0 Å². The highest BCUT2D eigenvalue weighted by molar-refractivity contribution is 5.64.